The highest BCUT2D eigenvalue weighted by Gasteiger charge is 2.18. The smallest absolute Gasteiger partial charge is 0.170 e. The van der Waals surface area contributed by atoms with Gasteiger partial charge in [0.2, 0.25) is 0 Å². The van der Waals surface area contributed by atoms with E-state index in [-0.39, 0.29) is 5.84 Å². The molecular weight excluding hydrogens is 273 g/mol. The highest BCUT2D eigenvalue weighted by atomic mass is 19.1. The Labute approximate surface area is 121 Å². The highest BCUT2D eigenvalue weighted by Crippen LogP contribution is 2.17. The third-order valence-corrected chi connectivity index (χ3v) is 3.67. The molecule has 110 valence electrons. The second-order valence-corrected chi connectivity index (χ2v) is 5.03. The van der Waals surface area contributed by atoms with Crippen molar-refractivity contribution in [3.8, 4) is 0 Å². The third kappa shape index (κ3) is 2.73. The molecule has 0 aliphatic carbocycles. The molecule has 0 amide bonds. The number of rotatable bonds is 3. The van der Waals surface area contributed by atoms with Gasteiger partial charge in [0, 0.05) is 37.6 Å². The molecule has 0 unspecified atom stereocenters. The first-order valence-electron chi connectivity index (χ1n) is 6.66. The summed E-state index contributed by atoms with van der Waals surface area (Å²) in [5.41, 5.74) is 6.88. The van der Waals surface area contributed by atoms with Crippen LogP contribution < -0.4 is 5.73 Å². The number of imidazole rings is 1. The van der Waals surface area contributed by atoms with Crippen LogP contribution in [0, 0.1) is 5.82 Å². The van der Waals surface area contributed by atoms with Crippen LogP contribution in [0.25, 0.3) is 0 Å². The summed E-state index contributed by atoms with van der Waals surface area (Å²) >= 11 is 0. The first-order chi connectivity index (χ1) is 10.2. The molecule has 2 aromatic rings. The fraction of sp³-hybridized carbons (Fsp3) is 0.286. The van der Waals surface area contributed by atoms with Crippen LogP contribution in [0.2, 0.25) is 0 Å². The van der Waals surface area contributed by atoms with Gasteiger partial charge in [-0.05, 0) is 17.7 Å². The Bertz CT molecular complexity index is 682. The van der Waals surface area contributed by atoms with Crippen molar-refractivity contribution in [1.29, 1.82) is 0 Å². The number of hydrogen-bond donors (Lipinski definition) is 2. The topological polar surface area (TPSA) is 79.7 Å². The van der Waals surface area contributed by atoms with Crippen LogP contribution in [-0.4, -0.2) is 32.0 Å². The minimum Gasteiger partial charge on any atom is -0.409 e. The SMILES string of the molecule is NC(=NO)c1cc(F)ccc1CN1CCn2ccnc2C1. The van der Waals surface area contributed by atoms with Crippen LogP contribution in [0.1, 0.15) is 17.0 Å². The van der Waals surface area contributed by atoms with Gasteiger partial charge < -0.3 is 15.5 Å². The summed E-state index contributed by atoms with van der Waals surface area (Å²) in [6.07, 6.45) is 3.75. The summed E-state index contributed by atoms with van der Waals surface area (Å²) in [5, 5.41) is 11.8. The van der Waals surface area contributed by atoms with Gasteiger partial charge in [-0.2, -0.15) is 0 Å². The maximum atomic E-state index is 13.4. The van der Waals surface area contributed by atoms with Crippen molar-refractivity contribution in [2.75, 3.05) is 6.54 Å². The lowest BCUT2D eigenvalue weighted by molar-refractivity contribution is 0.208. The number of benzene rings is 1. The molecule has 3 rings (SSSR count). The number of aromatic nitrogens is 2. The van der Waals surface area contributed by atoms with Gasteiger partial charge in [-0.3, -0.25) is 4.90 Å². The fourth-order valence-electron chi connectivity index (χ4n) is 2.58. The molecule has 1 aliphatic heterocycles. The number of halogens is 1. The minimum absolute atomic E-state index is 0.0805. The van der Waals surface area contributed by atoms with Gasteiger partial charge in [-0.25, -0.2) is 9.37 Å². The van der Waals surface area contributed by atoms with Gasteiger partial charge in [0.25, 0.3) is 0 Å². The number of hydrogen-bond acceptors (Lipinski definition) is 4. The number of amidine groups is 1. The van der Waals surface area contributed by atoms with Crippen LogP contribution in [-0.2, 0) is 19.6 Å². The van der Waals surface area contributed by atoms with Crippen molar-refractivity contribution < 1.29 is 9.60 Å². The maximum Gasteiger partial charge on any atom is 0.170 e. The predicted octanol–water partition coefficient (Wildman–Crippen LogP) is 1.13. The largest absolute Gasteiger partial charge is 0.409 e. The Morgan fingerprint density at radius 1 is 1.43 bits per heavy atom. The van der Waals surface area contributed by atoms with Gasteiger partial charge in [0.1, 0.15) is 11.6 Å². The second-order valence-electron chi connectivity index (χ2n) is 5.03. The van der Waals surface area contributed by atoms with Crippen LogP contribution in [0.3, 0.4) is 0 Å². The van der Waals surface area contributed by atoms with Crippen LogP contribution in [0.5, 0.6) is 0 Å². The summed E-state index contributed by atoms with van der Waals surface area (Å²) in [5.74, 6) is 0.520. The molecule has 0 saturated carbocycles. The lowest BCUT2D eigenvalue weighted by Crippen LogP contribution is -2.33. The van der Waals surface area contributed by atoms with E-state index in [0.29, 0.717) is 12.1 Å². The van der Waals surface area contributed by atoms with E-state index in [9.17, 15) is 4.39 Å². The summed E-state index contributed by atoms with van der Waals surface area (Å²) in [6, 6.07) is 4.34. The molecule has 0 radical (unpaired) electrons. The number of nitrogens with two attached hydrogens (primary N) is 1. The predicted molar refractivity (Wildman–Crippen MR) is 75.3 cm³/mol. The third-order valence-electron chi connectivity index (χ3n) is 3.67. The number of fused-ring (bicyclic) bond motifs is 1. The van der Waals surface area contributed by atoms with Gasteiger partial charge in [-0.1, -0.05) is 11.2 Å². The first-order valence-corrected chi connectivity index (χ1v) is 6.66. The van der Waals surface area contributed by atoms with E-state index < -0.39 is 5.82 Å². The minimum atomic E-state index is -0.408. The lowest BCUT2D eigenvalue weighted by Gasteiger charge is -2.28. The van der Waals surface area contributed by atoms with Crippen LogP contribution in [0.4, 0.5) is 4.39 Å². The zero-order chi connectivity index (χ0) is 14.8. The maximum absolute atomic E-state index is 13.4. The van der Waals surface area contributed by atoms with Crippen molar-refractivity contribution in [1.82, 2.24) is 14.5 Å². The van der Waals surface area contributed by atoms with Crippen molar-refractivity contribution in [3.05, 3.63) is 53.4 Å². The average molecular weight is 289 g/mol. The van der Waals surface area contributed by atoms with E-state index in [4.69, 9.17) is 10.9 Å². The molecule has 0 saturated heterocycles. The summed E-state index contributed by atoms with van der Waals surface area (Å²) in [4.78, 5) is 6.51. The van der Waals surface area contributed by atoms with E-state index in [1.807, 2.05) is 6.20 Å². The quantitative estimate of drug-likeness (QED) is 0.384. The molecule has 2 heterocycles. The Morgan fingerprint density at radius 2 is 2.29 bits per heavy atom. The molecule has 7 heteroatoms. The molecule has 0 spiro atoms. The number of oxime groups is 1. The van der Waals surface area contributed by atoms with Crippen LogP contribution in [0.15, 0.2) is 35.7 Å². The molecule has 0 fully saturated rings. The van der Waals surface area contributed by atoms with Gasteiger partial charge in [0.15, 0.2) is 5.84 Å². The van der Waals surface area contributed by atoms with Crippen molar-refractivity contribution in [2.24, 2.45) is 10.9 Å². The summed E-state index contributed by atoms with van der Waals surface area (Å²) in [7, 11) is 0. The molecule has 1 aromatic carbocycles. The second kappa shape index (κ2) is 5.53. The normalized spacial score (nSPS) is 16.0. The van der Waals surface area contributed by atoms with Crippen LogP contribution >= 0.6 is 0 Å². The molecule has 21 heavy (non-hydrogen) atoms. The fourth-order valence-corrected chi connectivity index (χ4v) is 2.58. The van der Waals surface area contributed by atoms with Gasteiger partial charge in [-0.15, -0.1) is 0 Å². The first kappa shape index (κ1) is 13.6. The van der Waals surface area contributed by atoms with Crippen molar-refractivity contribution in [2.45, 2.75) is 19.6 Å². The Balaban J connectivity index is 1.83. The zero-order valence-electron chi connectivity index (χ0n) is 11.4. The van der Waals surface area contributed by atoms with Crippen molar-refractivity contribution >= 4 is 5.84 Å². The lowest BCUT2D eigenvalue weighted by atomic mass is 10.1. The van der Waals surface area contributed by atoms with E-state index in [1.165, 1.54) is 12.1 Å². The molecule has 6 nitrogen and oxygen atoms in total. The molecule has 0 atom stereocenters. The molecule has 3 N–H and O–H groups in total. The van der Waals surface area contributed by atoms with E-state index in [0.717, 1.165) is 31.0 Å². The Kier molecular flexibility index (Phi) is 3.57. The molecular formula is C14H16FN5O. The average Bonchev–Trinajstić information content (AvgIpc) is 2.96. The zero-order valence-corrected chi connectivity index (χ0v) is 11.4. The standard InChI is InChI=1S/C14H16FN5O/c15-11-2-1-10(12(7-11)14(16)18-21)8-19-5-6-20-4-3-17-13(20)9-19/h1-4,7,21H,5-6,8-9H2,(H2,16,18). The summed E-state index contributed by atoms with van der Waals surface area (Å²) < 4.78 is 15.5. The van der Waals surface area contributed by atoms with E-state index in [1.54, 1.807) is 12.3 Å². The Hall–Kier alpha value is -2.41. The monoisotopic (exact) mass is 289 g/mol. The number of nitrogens with zero attached hydrogens (tertiary/aromatic N) is 4. The molecule has 0 bridgehead atoms. The Morgan fingerprint density at radius 3 is 3.10 bits per heavy atom. The van der Waals surface area contributed by atoms with Gasteiger partial charge >= 0.3 is 0 Å². The molecule has 1 aromatic heterocycles. The van der Waals surface area contributed by atoms with Gasteiger partial charge in [0.05, 0.1) is 6.54 Å². The highest BCUT2D eigenvalue weighted by molar-refractivity contribution is 5.98. The van der Waals surface area contributed by atoms with Crippen molar-refractivity contribution in [3.63, 3.8) is 0 Å². The molecule has 1 aliphatic rings. The van der Waals surface area contributed by atoms with E-state index >= 15 is 0 Å². The summed E-state index contributed by atoms with van der Waals surface area (Å²) in [6.45, 7) is 3.06. The van der Waals surface area contributed by atoms with E-state index in [2.05, 4.69) is 19.6 Å².